The van der Waals surface area contributed by atoms with Crippen molar-refractivity contribution in [3.05, 3.63) is 59.7 Å². The number of hydrogen-bond acceptors (Lipinski definition) is 0. The molecule has 2 heteroatoms. The Balaban J connectivity index is 2.03. The highest BCUT2D eigenvalue weighted by atomic mass is 31.1. The van der Waals surface area contributed by atoms with E-state index >= 15 is 0 Å². The first-order valence-corrected chi connectivity index (χ1v) is 13.9. The van der Waals surface area contributed by atoms with E-state index in [9.17, 15) is 0 Å². The molecule has 1 fully saturated rings. The third kappa shape index (κ3) is 4.49. The fraction of sp³-hybridized carbons (Fsp3) is 0.520. The molecule has 0 nitrogen and oxygen atoms in total. The van der Waals surface area contributed by atoms with Gasteiger partial charge in [-0.3, -0.25) is 0 Å². The van der Waals surface area contributed by atoms with E-state index in [1.54, 1.807) is 10.6 Å². The molecule has 0 N–H and O–H groups in total. The molecule has 0 radical (unpaired) electrons. The van der Waals surface area contributed by atoms with E-state index in [4.69, 9.17) is 0 Å². The van der Waals surface area contributed by atoms with Gasteiger partial charge in [0.05, 0.1) is 0 Å². The zero-order valence-electron chi connectivity index (χ0n) is 17.8. The van der Waals surface area contributed by atoms with E-state index < -0.39 is 0 Å². The molecule has 0 bridgehead atoms. The number of benzene rings is 2. The molecule has 0 saturated heterocycles. The maximum absolute atomic E-state index is 2.59. The minimum atomic E-state index is -0.316. The van der Waals surface area contributed by atoms with E-state index in [2.05, 4.69) is 83.1 Å². The molecule has 1 saturated carbocycles. The summed E-state index contributed by atoms with van der Waals surface area (Å²) in [6.45, 7) is 12.1. The zero-order chi connectivity index (χ0) is 19.4. The molecule has 0 aliphatic heterocycles. The molecule has 1 unspecified atom stereocenters. The van der Waals surface area contributed by atoms with Crippen LogP contribution >= 0.6 is 15.8 Å². The van der Waals surface area contributed by atoms with Crippen LogP contribution < -0.4 is 10.6 Å². The first-order chi connectivity index (χ1) is 13.1. The van der Waals surface area contributed by atoms with Gasteiger partial charge in [0.15, 0.2) is 0 Å². The van der Waals surface area contributed by atoms with Gasteiger partial charge in [0.1, 0.15) is 0 Å². The third-order valence-electron chi connectivity index (χ3n) is 6.59. The number of rotatable bonds is 7. The van der Waals surface area contributed by atoms with Crippen molar-refractivity contribution in [1.82, 2.24) is 0 Å². The lowest BCUT2D eigenvalue weighted by molar-refractivity contribution is 0.546. The number of aryl methyl sites for hydroxylation is 2. The van der Waals surface area contributed by atoms with E-state index in [0.717, 1.165) is 17.2 Å². The molecular weight excluding hydrogens is 362 g/mol. The average molecular weight is 399 g/mol. The van der Waals surface area contributed by atoms with Crippen molar-refractivity contribution in [2.24, 2.45) is 5.92 Å². The molecule has 0 aromatic heterocycles. The van der Waals surface area contributed by atoms with Gasteiger partial charge in [-0.2, -0.15) is 0 Å². The molecular formula is C25H36P2. The second kappa shape index (κ2) is 9.67. The summed E-state index contributed by atoms with van der Waals surface area (Å²) in [5.41, 5.74) is 4.70. The maximum atomic E-state index is 2.59. The van der Waals surface area contributed by atoms with E-state index in [1.165, 1.54) is 42.7 Å². The van der Waals surface area contributed by atoms with Gasteiger partial charge in [0.25, 0.3) is 0 Å². The summed E-state index contributed by atoms with van der Waals surface area (Å²) in [4.78, 5) is 0. The van der Waals surface area contributed by atoms with Crippen molar-refractivity contribution >= 4 is 26.5 Å². The summed E-state index contributed by atoms with van der Waals surface area (Å²) in [7, 11) is -0.112. The van der Waals surface area contributed by atoms with Crippen LogP contribution in [0.3, 0.4) is 0 Å². The van der Waals surface area contributed by atoms with Crippen molar-refractivity contribution in [2.45, 2.75) is 65.2 Å². The minimum absolute atomic E-state index is 0.203. The molecule has 3 atom stereocenters. The average Bonchev–Trinajstić information content (AvgIpc) is 3.15. The molecule has 3 rings (SSSR count). The van der Waals surface area contributed by atoms with Crippen LogP contribution in [-0.2, 0) is 0 Å². The topological polar surface area (TPSA) is 0 Å². The van der Waals surface area contributed by atoms with E-state index in [0.29, 0.717) is 0 Å². The van der Waals surface area contributed by atoms with Crippen molar-refractivity contribution in [1.29, 1.82) is 0 Å². The monoisotopic (exact) mass is 398 g/mol. The van der Waals surface area contributed by atoms with Crippen LogP contribution in [0.15, 0.2) is 48.5 Å². The molecule has 2 aromatic carbocycles. The molecule has 27 heavy (non-hydrogen) atoms. The van der Waals surface area contributed by atoms with Gasteiger partial charge < -0.3 is 0 Å². The summed E-state index contributed by atoms with van der Waals surface area (Å²) in [5, 5.41) is 3.22. The van der Waals surface area contributed by atoms with Crippen molar-refractivity contribution in [3.8, 4) is 0 Å². The van der Waals surface area contributed by atoms with E-state index in [1.807, 2.05) is 0 Å². The molecule has 2 aromatic rings. The van der Waals surface area contributed by atoms with Gasteiger partial charge in [-0.1, -0.05) is 75.7 Å². The highest BCUT2D eigenvalue weighted by Gasteiger charge is 2.39. The van der Waals surface area contributed by atoms with Crippen LogP contribution in [-0.4, -0.2) is 23.6 Å². The normalized spacial score (nSPS) is 21.1. The molecule has 1 aliphatic rings. The van der Waals surface area contributed by atoms with Crippen LogP contribution in [0.5, 0.6) is 0 Å². The highest BCUT2D eigenvalue weighted by molar-refractivity contribution is 7.73. The number of hydrogen-bond donors (Lipinski definition) is 0. The van der Waals surface area contributed by atoms with Crippen molar-refractivity contribution < 1.29 is 0 Å². The standard InChI is InChI=1S/C25H36P2/c1-6-26(7-2)25-18-12-15-22(25)21(5)27(23-16-10-8-13-19(23)3)24-17-11-9-14-20(24)4/h8-11,13-14,16-17,21-22,25H,6-7,12,15,18H2,1-5H3/t21-,22?,25+/m1/s1. The summed E-state index contributed by atoms with van der Waals surface area (Å²) < 4.78 is 0. The maximum Gasteiger partial charge on any atom is -0.0123 e. The fourth-order valence-corrected chi connectivity index (χ4v) is 11.4. The largest absolute Gasteiger partial charge is 0.104 e. The first kappa shape index (κ1) is 21.0. The van der Waals surface area contributed by atoms with Gasteiger partial charge in [-0.05, 0) is 85.9 Å². The predicted molar refractivity (Wildman–Crippen MR) is 127 cm³/mol. The molecule has 1 aliphatic carbocycles. The first-order valence-electron chi connectivity index (χ1n) is 10.7. The Bertz CT molecular complexity index is 689. The van der Waals surface area contributed by atoms with Crippen LogP contribution in [0.2, 0.25) is 0 Å². The Morgan fingerprint density at radius 1 is 0.852 bits per heavy atom. The molecule has 0 spiro atoms. The Labute approximate surface area is 169 Å². The SMILES string of the molecule is CCP(CC)[C@H]1CCCC1[C@@H](C)P(c1ccccc1C)c1ccccc1C. The van der Waals surface area contributed by atoms with Gasteiger partial charge in [0.2, 0.25) is 0 Å². The highest BCUT2D eigenvalue weighted by Crippen LogP contribution is 2.57. The van der Waals surface area contributed by atoms with Crippen LogP contribution in [0.1, 0.15) is 51.2 Å². The van der Waals surface area contributed by atoms with Crippen LogP contribution in [0, 0.1) is 19.8 Å². The predicted octanol–water partition coefficient (Wildman–Crippen LogP) is 6.82. The van der Waals surface area contributed by atoms with Crippen LogP contribution in [0.4, 0.5) is 0 Å². The van der Waals surface area contributed by atoms with Gasteiger partial charge in [0, 0.05) is 0 Å². The van der Waals surface area contributed by atoms with Gasteiger partial charge >= 0.3 is 0 Å². The summed E-state index contributed by atoms with van der Waals surface area (Å²) in [5.74, 6) is 0.904. The summed E-state index contributed by atoms with van der Waals surface area (Å²) in [6, 6.07) is 18.3. The van der Waals surface area contributed by atoms with Gasteiger partial charge in [-0.25, -0.2) is 0 Å². The molecule has 0 heterocycles. The quantitative estimate of drug-likeness (QED) is 0.449. The molecule has 0 amide bonds. The van der Waals surface area contributed by atoms with Crippen molar-refractivity contribution in [3.63, 3.8) is 0 Å². The lowest BCUT2D eigenvalue weighted by atomic mass is 10.0. The molecule has 146 valence electrons. The third-order valence-corrected chi connectivity index (χ3v) is 13.0. The Morgan fingerprint density at radius 3 is 1.85 bits per heavy atom. The van der Waals surface area contributed by atoms with E-state index in [-0.39, 0.29) is 15.8 Å². The lowest BCUT2D eigenvalue weighted by Crippen LogP contribution is -2.31. The smallest absolute Gasteiger partial charge is 0.0123 e. The Kier molecular flexibility index (Phi) is 7.53. The Morgan fingerprint density at radius 2 is 1.37 bits per heavy atom. The lowest BCUT2D eigenvalue weighted by Gasteiger charge is -2.37. The zero-order valence-corrected chi connectivity index (χ0v) is 19.6. The van der Waals surface area contributed by atoms with Crippen LogP contribution in [0.25, 0.3) is 0 Å². The second-order valence-corrected chi connectivity index (χ2v) is 13.7. The second-order valence-electron chi connectivity index (χ2n) is 8.07. The minimum Gasteiger partial charge on any atom is -0.104 e. The van der Waals surface area contributed by atoms with Crippen molar-refractivity contribution in [2.75, 3.05) is 12.3 Å². The summed E-state index contributed by atoms with van der Waals surface area (Å²) in [6.07, 6.45) is 7.19. The van der Waals surface area contributed by atoms with Gasteiger partial charge in [-0.15, -0.1) is 7.92 Å². The Hall–Kier alpha value is -0.700. The fourth-order valence-electron chi connectivity index (χ4n) is 5.11. The summed E-state index contributed by atoms with van der Waals surface area (Å²) >= 11 is 0.